The summed E-state index contributed by atoms with van der Waals surface area (Å²) in [6.45, 7) is 6.80. The molecule has 0 radical (unpaired) electrons. The minimum absolute atomic E-state index is 0. The van der Waals surface area contributed by atoms with Gasteiger partial charge in [-0.15, -0.1) is 24.0 Å². The van der Waals surface area contributed by atoms with Crippen LogP contribution in [0.3, 0.4) is 0 Å². The van der Waals surface area contributed by atoms with Crippen molar-refractivity contribution in [3.05, 3.63) is 35.1 Å². The van der Waals surface area contributed by atoms with Gasteiger partial charge in [0.05, 0.1) is 12.6 Å². The molecular weight excluding hydrogens is 450 g/mol. The van der Waals surface area contributed by atoms with Crippen molar-refractivity contribution in [3.8, 4) is 0 Å². The summed E-state index contributed by atoms with van der Waals surface area (Å²) in [5.41, 5.74) is 0.845. The van der Waals surface area contributed by atoms with Crippen LogP contribution in [0.2, 0.25) is 0 Å². The Hall–Kier alpha value is -1.42. The lowest BCUT2D eigenvalue weighted by Gasteiger charge is -2.13. The van der Waals surface area contributed by atoms with Gasteiger partial charge in [0.2, 0.25) is 0 Å². The molecule has 146 valence electrons. The molecular formula is C18H28FIN4O2. The Morgan fingerprint density at radius 2 is 2.08 bits per heavy atom. The van der Waals surface area contributed by atoms with Crippen LogP contribution in [-0.2, 0) is 4.74 Å². The monoisotopic (exact) mass is 478 g/mol. The number of ether oxygens (including phenoxy) is 1. The van der Waals surface area contributed by atoms with Gasteiger partial charge in [-0.25, -0.2) is 4.39 Å². The number of guanidine groups is 1. The molecule has 0 bridgehead atoms. The lowest BCUT2D eigenvalue weighted by atomic mass is 10.1. The standard InChI is InChI=1S/C18H27FN4O2.HI/c1-3-20-18(23-12-15-5-4-10-25-15)22-9-8-21-17(24)14-7-6-13(2)16(19)11-14;/h6-7,11,15H,3-5,8-10,12H2,1-2H3,(H,21,24)(H2,20,22,23);1H. The summed E-state index contributed by atoms with van der Waals surface area (Å²) in [5.74, 6) is 0.0390. The summed E-state index contributed by atoms with van der Waals surface area (Å²) in [6.07, 6.45) is 2.34. The van der Waals surface area contributed by atoms with E-state index in [1.54, 1.807) is 19.1 Å². The van der Waals surface area contributed by atoms with Crippen molar-refractivity contribution in [1.29, 1.82) is 0 Å². The number of benzene rings is 1. The molecule has 1 heterocycles. The summed E-state index contributed by atoms with van der Waals surface area (Å²) >= 11 is 0. The van der Waals surface area contributed by atoms with Crippen LogP contribution in [0.4, 0.5) is 4.39 Å². The number of rotatable bonds is 7. The first-order valence-electron chi connectivity index (χ1n) is 8.78. The minimum atomic E-state index is -0.374. The normalized spacial score (nSPS) is 16.7. The van der Waals surface area contributed by atoms with E-state index in [-0.39, 0.29) is 41.8 Å². The highest BCUT2D eigenvalue weighted by molar-refractivity contribution is 14.0. The molecule has 0 aromatic heterocycles. The molecule has 1 saturated heterocycles. The smallest absolute Gasteiger partial charge is 0.251 e. The van der Waals surface area contributed by atoms with Crippen LogP contribution in [0.1, 0.15) is 35.7 Å². The number of aliphatic imine (C=N–C) groups is 1. The van der Waals surface area contributed by atoms with Gasteiger partial charge in [0, 0.05) is 31.8 Å². The first-order chi connectivity index (χ1) is 12.1. The van der Waals surface area contributed by atoms with Crippen LogP contribution in [0.15, 0.2) is 23.2 Å². The number of carbonyl (C=O) groups excluding carboxylic acids is 1. The third-order valence-electron chi connectivity index (χ3n) is 3.96. The average Bonchev–Trinajstić information content (AvgIpc) is 3.12. The Balaban J connectivity index is 0.00000338. The fraction of sp³-hybridized carbons (Fsp3) is 0.556. The van der Waals surface area contributed by atoms with Gasteiger partial charge in [0.1, 0.15) is 5.82 Å². The molecule has 1 aliphatic heterocycles. The summed E-state index contributed by atoms with van der Waals surface area (Å²) in [4.78, 5) is 16.5. The van der Waals surface area contributed by atoms with Crippen LogP contribution < -0.4 is 16.0 Å². The average molecular weight is 478 g/mol. The molecule has 1 fully saturated rings. The largest absolute Gasteiger partial charge is 0.376 e. The Morgan fingerprint density at radius 3 is 2.73 bits per heavy atom. The van der Waals surface area contributed by atoms with Crippen molar-refractivity contribution in [2.24, 2.45) is 4.99 Å². The van der Waals surface area contributed by atoms with Gasteiger partial charge in [-0.2, -0.15) is 0 Å². The van der Waals surface area contributed by atoms with E-state index in [9.17, 15) is 9.18 Å². The molecule has 26 heavy (non-hydrogen) atoms. The predicted octanol–water partition coefficient (Wildman–Crippen LogP) is 2.22. The maximum absolute atomic E-state index is 13.5. The van der Waals surface area contributed by atoms with Crippen molar-refractivity contribution < 1.29 is 13.9 Å². The third kappa shape index (κ3) is 7.45. The minimum Gasteiger partial charge on any atom is -0.376 e. The molecule has 1 unspecified atom stereocenters. The summed E-state index contributed by atoms with van der Waals surface area (Å²) in [6, 6.07) is 4.48. The number of hydrogen-bond acceptors (Lipinski definition) is 3. The lowest BCUT2D eigenvalue weighted by molar-refractivity contribution is 0.0954. The highest BCUT2D eigenvalue weighted by Gasteiger charge is 2.14. The summed E-state index contributed by atoms with van der Waals surface area (Å²) < 4.78 is 19.1. The van der Waals surface area contributed by atoms with E-state index in [0.717, 1.165) is 26.0 Å². The van der Waals surface area contributed by atoms with Crippen LogP contribution in [0.5, 0.6) is 0 Å². The highest BCUT2D eigenvalue weighted by atomic mass is 127. The van der Waals surface area contributed by atoms with Gasteiger partial charge >= 0.3 is 0 Å². The van der Waals surface area contributed by atoms with Crippen molar-refractivity contribution in [1.82, 2.24) is 16.0 Å². The van der Waals surface area contributed by atoms with E-state index in [0.29, 0.717) is 36.7 Å². The number of halogens is 2. The molecule has 8 heteroatoms. The number of aryl methyl sites for hydroxylation is 1. The molecule has 3 N–H and O–H groups in total. The quantitative estimate of drug-likeness (QED) is 0.243. The third-order valence-corrected chi connectivity index (χ3v) is 3.96. The first kappa shape index (κ1) is 22.6. The zero-order valence-electron chi connectivity index (χ0n) is 15.3. The van der Waals surface area contributed by atoms with Crippen molar-refractivity contribution in [2.45, 2.75) is 32.8 Å². The van der Waals surface area contributed by atoms with Gasteiger partial charge in [0.25, 0.3) is 5.91 Å². The summed E-state index contributed by atoms with van der Waals surface area (Å²) in [7, 11) is 0. The van der Waals surface area contributed by atoms with E-state index in [2.05, 4.69) is 20.9 Å². The molecule has 1 amide bonds. The zero-order chi connectivity index (χ0) is 18.1. The number of nitrogens with zero attached hydrogens (tertiary/aromatic N) is 1. The fourth-order valence-corrected chi connectivity index (χ4v) is 2.52. The fourth-order valence-electron chi connectivity index (χ4n) is 2.52. The lowest BCUT2D eigenvalue weighted by Crippen LogP contribution is -2.42. The van der Waals surface area contributed by atoms with Gasteiger partial charge in [-0.3, -0.25) is 9.79 Å². The molecule has 0 saturated carbocycles. The predicted molar refractivity (Wildman–Crippen MR) is 112 cm³/mol. The Bertz CT molecular complexity index is 607. The second-order valence-electron chi connectivity index (χ2n) is 6.00. The molecule has 6 nitrogen and oxygen atoms in total. The summed E-state index contributed by atoms with van der Waals surface area (Å²) in [5, 5.41) is 9.09. The molecule has 1 aliphatic rings. The van der Waals surface area contributed by atoms with Crippen molar-refractivity contribution in [2.75, 3.05) is 32.8 Å². The number of carbonyl (C=O) groups is 1. The topological polar surface area (TPSA) is 74.8 Å². The van der Waals surface area contributed by atoms with Gasteiger partial charge in [0.15, 0.2) is 5.96 Å². The molecule has 1 atom stereocenters. The van der Waals surface area contributed by atoms with E-state index in [1.165, 1.54) is 6.07 Å². The highest BCUT2D eigenvalue weighted by Crippen LogP contribution is 2.11. The van der Waals surface area contributed by atoms with Crippen LogP contribution in [0, 0.1) is 12.7 Å². The maximum Gasteiger partial charge on any atom is 0.251 e. The second kappa shape index (κ2) is 12.1. The van der Waals surface area contributed by atoms with Gasteiger partial charge in [-0.1, -0.05) is 6.07 Å². The van der Waals surface area contributed by atoms with E-state index in [4.69, 9.17) is 4.74 Å². The van der Waals surface area contributed by atoms with Gasteiger partial charge < -0.3 is 20.7 Å². The van der Waals surface area contributed by atoms with Crippen molar-refractivity contribution in [3.63, 3.8) is 0 Å². The zero-order valence-corrected chi connectivity index (χ0v) is 17.6. The Morgan fingerprint density at radius 1 is 1.31 bits per heavy atom. The molecule has 1 aromatic carbocycles. The van der Waals surface area contributed by atoms with Gasteiger partial charge in [-0.05, 0) is 44.4 Å². The molecule has 0 aliphatic carbocycles. The van der Waals surface area contributed by atoms with Crippen LogP contribution >= 0.6 is 24.0 Å². The number of hydrogen-bond donors (Lipinski definition) is 3. The van der Waals surface area contributed by atoms with E-state index >= 15 is 0 Å². The van der Waals surface area contributed by atoms with E-state index < -0.39 is 0 Å². The second-order valence-corrected chi connectivity index (χ2v) is 6.00. The number of nitrogens with one attached hydrogen (secondary N) is 3. The Labute approximate surface area is 171 Å². The van der Waals surface area contributed by atoms with Crippen LogP contribution in [0.25, 0.3) is 0 Å². The van der Waals surface area contributed by atoms with Crippen LogP contribution in [-0.4, -0.2) is 50.8 Å². The molecule has 2 rings (SSSR count). The SMILES string of the molecule is CCNC(=NCC1CCCO1)NCCNC(=O)c1ccc(C)c(F)c1.I. The maximum atomic E-state index is 13.5. The van der Waals surface area contributed by atoms with Crippen molar-refractivity contribution >= 4 is 35.8 Å². The Kier molecular flexibility index (Phi) is 10.5. The molecule has 0 spiro atoms. The van der Waals surface area contributed by atoms with E-state index in [1.807, 2.05) is 6.92 Å². The number of amides is 1. The molecule has 1 aromatic rings. The first-order valence-corrected chi connectivity index (χ1v) is 8.78.